The van der Waals surface area contributed by atoms with Crippen molar-refractivity contribution < 1.29 is 8.73 Å². The normalized spacial score (nSPS) is 13.8. The first-order chi connectivity index (χ1) is 10.0. The number of hydrogen-bond donors (Lipinski definition) is 0. The molecule has 21 heavy (non-hydrogen) atoms. The van der Waals surface area contributed by atoms with Gasteiger partial charge in [-0.1, -0.05) is 5.16 Å². The van der Waals surface area contributed by atoms with Crippen molar-refractivity contribution in [2.24, 2.45) is 4.36 Å². The Balaban J connectivity index is 1.93. The lowest BCUT2D eigenvalue weighted by Gasteiger charge is -2.00. The van der Waals surface area contributed by atoms with Gasteiger partial charge in [0.1, 0.15) is 9.73 Å². The fourth-order valence-electron chi connectivity index (χ4n) is 1.73. The van der Waals surface area contributed by atoms with Crippen molar-refractivity contribution >= 4 is 26.8 Å². The van der Waals surface area contributed by atoms with E-state index in [1.165, 1.54) is 11.3 Å². The van der Waals surface area contributed by atoms with Crippen LogP contribution in [0.15, 0.2) is 49.1 Å². The SMILES string of the molecule is Cc1nc(-c2ccc(N=S(C)(=O)c3nccs3)cc2)no1. The summed E-state index contributed by atoms with van der Waals surface area (Å²) in [6.45, 7) is 1.74. The molecule has 1 atom stereocenters. The van der Waals surface area contributed by atoms with Crippen LogP contribution < -0.4 is 0 Å². The predicted octanol–water partition coefficient (Wildman–Crippen LogP) is 3.29. The molecule has 0 radical (unpaired) electrons. The summed E-state index contributed by atoms with van der Waals surface area (Å²) in [5.74, 6) is 1.04. The van der Waals surface area contributed by atoms with Crippen LogP contribution in [0.2, 0.25) is 0 Å². The highest BCUT2D eigenvalue weighted by Crippen LogP contribution is 2.24. The summed E-state index contributed by atoms with van der Waals surface area (Å²) in [7, 11) is -2.51. The molecule has 1 aromatic carbocycles. The molecule has 8 heteroatoms. The molecule has 1 unspecified atom stereocenters. The van der Waals surface area contributed by atoms with Gasteiger partial charge in [-0.2, -0.15) is 9.35 Å². The lowest BCUT2D eigenvalue weighted by atomic mass is 10.2. The molecule has 2 aromatic heterocycles. The van der Waals surface area contributed by atoms with Crippen LogP contribution in [0.25, 0.3) is 11.4 Å². The van der Waals surface area contributed by atoms with Crippen molar-refractivity contribution in [3.8, 4) is 11.4 Å². The molecule has 6 nitrogen and oxygen atoms in total. The molecule has 0 bridgehead atoms. The first-order valence-electron chi connectivity index (χ1n) is 6.07. The Hall–Kier alpha value is -2.06. The van der Waals surface area contributed by atoms with E-state index in [4.69, 9.17) is 4.52 Å². The van der Waals surface area contributed by atoms with Crippen LogP contribution in [0.4, 0.5) is 5.69 Å². The first-order valence-corrected chi connectivity index (χ1v) is 8.87. The van der Waals surface area contributed by atoms with E-state index in [0.29, 0.717) is 21.7 Å². The number of rotatable bonds is 3. The maximum atomic E-state index is 12.5. The molecule has 2 heterocycles. The van der Waals surface area contributed by atoms with Crippen molar-refractivity contribution in [1.82, 2.24) is 15.1 Å². The molecule has 0 saturated heterocycles. The average molecular weight is 320 g/mol. The Labute approximate surface area is 126 Å². The molecular weight excluding hydrogens is 308 g/mol. The summed E-state index contributed by atoms with van der Waals surface area (Å²) in [4.78, 5) is 8.22. The minimum Gasteiger partial charge on any atom is -0.339 e. The molecule has 0 saturated carbocycles. The highest BCUT2D eigenvalue weighted by atomic mass is 32.2. The smallest absolute Gasteiger partial charge is 0.223 e. The third-order valence-corrected chi connectivity index (χ3v) is 5.76. The van der Waals surface area contributed by atoms with Crippen LogP contribution in [0, 0.1) is 6.92 Å². The van der Waals surface area contributed by atoms with Crippen LogP contribution >= 0.6 is 11.3 Å². The third-order valence-electron chi connectivity index (χ3n) is 2.67. The fraction of sp³-hybridized carbons (Fsp3) is 0.154. The summed E-state index contributed by atoms with van der Waals surface area (Å²) < 4.78 is 22.3. The van der Waals surface area contributed by atoms with Gasteiger partial charge in [0, 0.05) is 30.3 Å². The molecule has 0 N–H and O–H groups in total. The van der Waals surface area contributed by atoms with Gasteiger partial charge in [0.2, 0.25) is 11.7 Å². The minimum absolute atomic E-state index is 0.513. The second-order valence-corrected chi connectivity index (χ2v) is 7.70. The topological polar surface area (TPSA) is 81.2 Å². The molecular formula is C13H12N4O2S2. The lowest BCUT2D eigenvalue weighted by molar-refractivity contribution is 0.394. The minimum atomic E-state index is -2.51. The first kappa shape index (κ1) is 13.9. The van der Waals surface area contributed by atoms with Crippen molar-refractivity contribution in [2.45, 2.75) is 11.3 Å². The number of aromatic nitrogens is 3. The summed E-state index contributed by atoms with van der Waals surface area (Å²) in [5, 5.41) is 5.64. The summed E-state index contributed by atoms with van der Waals surface area (Å²) in [6.07, 6.45) is 3.21. The standard InChI is InChI=1S/C13H12N4O2S2/c1-9-15-12(16-19-9)10-3-5-11(6-4-10)17-21(2,18)13-14-7-8-20-13/h3-8H,1-2H3. The van der Waals surface area contributed by atoms with E-state index >= 15 is 0 Å². The van der Waals surface area contributed by atoms with E-state index < -0.39 is 9.73 Å². The van der Waals surface area contributed by atoms with Gasteiger partial charge in [0.05, 0.1) is 5.69 Å². The number of thiazole rings is 1. The number of aryl methyl sites for hydroxylation is 1. The third kappa shape index (κ3) is 3.01. The van der Waals surface area contributed by atoms with Crippen LogP contribution in [-0.4, -0.2) is 25.6 Å². The van der Waals surface area contributed by atoms with Gasteiger partial charge in [-0.05, 0) is 24.3 Å². The van der Waals surface area contributed by atoms with Crippen molar-refractivity contribution in [3.05, 3.63) is 41.7 Å². The largest absolute Gasteiger partial charge is 0.339 e. The highest BCUT2D eigenvalue weighted by molar-refractivity contribution is 7.94. The van der Waals surface area contributed by atoms with Crippen LogP contribution in [0.1, 0.15) is 5.89 Å². The monoisotopic (exact) mass is 320 g/mol. The van der Waals surface area contributed by atoms with Gasteiger partial charge in [-0.15, -0.1) is 11.3 Å². The zero-order valence-corrected chi connectivity index (χ0v) is 13.0. The van der Waals surface area contributed by atoms with Crippen LogP contribution in [0.3, 0.4) is 0 Å². The lowest BCUT2D eigenvalue weighted by Crippen LogP contribution is -1.95. The zero-order valence-electron chi connectivity index (χ0n) is 11.4. The molecule has 0 aliphatic carbocycles. The molecule has 3 rings (SSSR count). The zero-order chi connectivity index (χ0) is 14.9. The Morgan fingerprint density at radius 1 is 1.29 bits per heavy atom. The quantitative estimate of drug-likeness (QED) is 0.739. The molecule has 108 valence electrons. The van der Waals surface area contributed by atoms with Crippen LogP contribution in [0.5, 0.6) is 0 Å². The number of hydrogen-bond acceptors (Lipinski definition) is 7. The van der Waals surface area contributed by atoms with E-state index in [1.807, 2.05) is 12.1 Å². The van der Waals surface area contributed by atoms with Crippen molar-refractivity contribution in [3.63, 3.8) is 0 Å². The van der Waals surface area contributed by atoms with Gasteiger partial charge >= 0.3 is 0 Å². The summed E-state index contributed by atoms with van der Waals surface area (Å²) in [6, 6.07) is 7.19. The molecule has 0 amide bonds. The number of benzene rings is 1. The molecule has 0 fully saturated rings. The molecule has 0 spiro atoms. The highest BCUT2D eigenvalue weighted by Gasteiger charge is 2.10. The number of nitrogens with zero attached hydrogens (tertiary/aromatic N) is 4. The summed E-state index contributed by atoms with van der Waals surface area (Å²) in [5.41, 5.74) is 1.45. The Bertz CT molecular complexity index is 860. The second-order valence-electron chi connectivity index (χ2n) is 4.38. The fourth-order valence-corrected chi connectivity index (χ4v) is 3.94. The van der Waals surface area contributed by atoms with Gasteiger partial charge in [0.15, 0.2) is 4.34 Å². The summed E-state index contributed by atoms with van der Waals surface area (Å²) >= 11 is 1.34. The molecule has 0 aliphatic rings. The maximum Gasteiger partial charge on any atom is 0.223 e. The van der Waals surface area contributed by atoms with E-state index in [1.54, 1.807) is 36.9 Å². The van der Waals surface area contributed by atoms with Crippen molar-refractivity contribution in [1.29, 1.82) is 0 Å². The van der Waals surface area contributed by atoms with Gasteiger partial charge in [-0.25, -0.2) is 9.19 Å². The molecule has 0 aliphatic heterocycles. The Morgan fingerprint density at radius 2 is 2.05 bits per heavy atom. The predicted molar refractivity (Wildman–Crippen MR) is 81.0 cm³/mol. The van der Waals surface area contributed by atoms with Gasteiger partial charge < -0.3 is 4.52 Å². The van der Waals surface area contributed by atoms with Crippen molar-refractivity contribution in [2.75, 3.05) is 6.26 Å². The Morgan fingerprint density at radius 3 is 2.62 bits per heavy atom. The van der Waals surface area contributed by atoms with E-state index in [-0.39, 0.29) is 0 Å². The molecule has 3 aromatic rings. The van der Waals surface area contributed by atoms with E-state index in [0.717, 1.165) is 5.56 Å². The second kappa shape index (κ2) is 5.38. The van der Waals surface area contributed by atoms with E-state index in [9.17, 15) is 4.21 Å². The van der Waals surface area contributed by atoms with Gasteiger partial charge in [0.25, 0.3) is 0 Å². The Kier molecular flexibility index (Phi) is 3.56. The van der Waals surface area contributed by atoms with E-state index in [2.05, 4.69) is 19.5 Å². The van der Waals surface area contributed by atoms with Crippen LogP contribution in [-0.2, 0) is 9.73 Å². The van der Waals surface area contributed by atoms with Gasteiger partial charge in [-0.3, -0.25) is 0 Å². The maximum absolute atomic E-state index is 12.5. The average Bonchev–Trinajstić information content (AvgIpc) is 3.10.